The molecule has 0 atom stereocenters. The Morgan fingerprint density at radius 1 is 1.47 bits per heavy atom. The molecule has 0 unspecified atom stereocenters. The van der Waals surface area contributed by atoms with Crippen molar-refractivity contribution in [1.29, 1.82) is 0 Å². The average Bonchev–Trinajstić information content (AvgIpc) is 2.67. The van der Waals surface area contributed by atoms with Crippen LogP contribution in [-0.2, 0) is 19.6 Å². The fraction of sp³-hybridized carbons (Fsp3) is 0.556. The number of ether oxygens (including phenoxy) is 1. The van der Waals surface area contributed by atoms with Crippen molar-refractivity contribution in [2.45, 2.75) is 11.1 Å². The SMILES string of the molecule is COCCNC(=O)CNS(=O)(=O)c1sc(=O)[nH]c1C. The molecule has 0 saturated carbocycles. The highest BCUT2D eigenvalue weighted by Crippen LogP contribution is 2.14. The zero-order chi connectivity index (χ0) is 14.5. The molecule has 1 rings (SSSR count). The summed E-state index contributed by atoms with van der Waals surface area (Å²) in [4.78, 5) is 24.3. The van der Waals surface area contributed by atoms with Gasteiger partial charge in [0.15, 0.2) is 4.21 Å². The lowest BCUT2D eigenvalue weighted by Gasteiger charge is -2.06. The molecule has 0 aliphatic heterocycles. The van der Waals surface area contributed by atoms with Crippen molar-refractivity contribution < 1.29 is 17.9 Å². The van der Waals surface area contributed by atoms with Gasteiger partial charge in [0.25, 0.3) is 10.0 Å². The Morgan fingerprint density at radius 3 is 2.68 bits per heavy atom. The van der Waals surface area contributed by atoms with Crippen LogP contribution in [-0.4, -0.2) is 46.1 Å². The number of methoxy groups -OCH3 is 1. The van der Waals surface area contributed by atoms with E-state index in [1.807, 2.05) is 0 Å². The van der Waals surface area contributed by atoms with E-state index >= 15 is 0 Å². The number of carbonyl (C=O) groups is 1. The predicted octanol–water partition coefficient (Wildman–Crippen LogP) is -1.21. The fourth-order valence-corrected chi connectivity index (χ4v) is 3.55. The summed E-state index contributed by atoms with van der Waals surface area (Å²) in [5.74, 6) is -0.471. The largest absolute Gasteiger partial charge is 0.383 e. The third-order valence-corrected chi connectivity index (χ3v) is 5.08. The van der Waals surface area contributed by atoms with Crippen LogP contribution in [0.5, 0.6) is 0 Å². The van der Waals surface area contributed by atoms with Crippen molar-refractivity contribution in [2.24, 2.45) is 0 Å². The van der Waals surface area contributed by atoms with Crippen LogP contribution in [0, 0.1) is 6.92 Å². The number of sulfonamides is 1. The van der Waals surface area contributed by atoms with Crippen LogP contribution in [0.15, 0.2) is 9.00 Å². The number of thiazole rings is 1. The van der Waals surface area contributed by atoms with Crippen LogP contribution in [0.1, 0.15) is 5.69 Å². The maximum Gasteiger partial charge on any atom is 0.305 e. The van der Waals surface area contributed by atoms with Crippen molar-refractivity contribution in [3.05, 3.63) is 15.4 Å². The van der Waals surface area contributed by atoms with E-state index in [0.717, 1.165) is 0 Å². The van der Waals surface area contributed by atoms with Crippen LogP contribution >= 0.6 is 11.3 Å². The van der Waals surface area contributed by atoms with E-state index in [0.29, 0.717) is 24.5 Å². The summed E-state index contributed by atoms with van der Waals surface area (Å²) in [6.45, 7) is 1.73. The molecule has 8 nitrogen and oxygen atoms in total. The maximum atomic E-state index is 11.8. The van der Waals surface area contributed by atoms with Crippen LogP contribution in [0.4, 0.5) is 0 Å². The van der Waals surface area contributed by atoms with Crippen molar-refractivity contribution in [1.82, 2.24) is 15.0 Å². The van der Waals surface area contributed by atoms with Gasteiger partial charge in [-0.05, 0) is 6.92 Å². The summed E-state index contributed by atoms with van der Waals surface area (Å²) < 4.78 is 30.4. The molecule has 108 valence electrons. The molecule has 1 heterocycles. The van der Waals surface area contributed by atoms with Gasteiger partial charge >= 0.3 is 4.87 Å². The number of amides is 1. The summed E-state index contributed by atoms with van der Waals surface area (Å²) in [7, 11) is -2.36. The number of hydrogen-bond donors (Lipinski definition) is 3. The summed E-state index contributed by atoms with van der Waals surface area (Å²) >= 11 is 0.581. The Kier molecular flexibility index (Phi) is 5.66. The molecule has 1 amide bonds. The van der Waals surface area contributed by atoms with E-state index < -0.39 is 27.3 Å². The van der Waals surface area contributed by atoms with Crippen LogP contribution in [0.25, 0.3) is 0 Å². The molecule has 0 aliphatic rings. The van der Waals surface area contributed by atoms with Gasteiger partial charge in [-0.2, -0.15) is 0 Å². The van der Waals surface area contributed by atoms with Gasteiger partial charge in [0.05, 0.1) is 13.2 Å². The first-order valence-corrected chi connectivity index (χ1v) is 7.62. The minimum atomic E-state index is -3.85. The lowest BCUT2D eigenvalue weighted by Crippen LogP contribution is -2.38. The highest BCUT2D eigenvalue weighted by molar-refractivity contribution is 7.91. The molecule has 1 aromatic rings. The Morgan fingerprint density at radius 2 is 2.16 bits per heavy atom. The Balaban J connectivity index is 2.59. The molecule has 0 radical (unpaired) electrons. The normalized spacial score (nSPS) is 11.5. The zero-order valence-corrected chi connectivity index (χ0v) is 12.1. The third kappa shape index (κ3) is 4.74. The van der Waals surface area contributed by atoms with E-state index in [-0.39, 0.29) is 9.90 Å². The number of hydrogen-bond acceptors (Lipinski definition) is 6. The number of carbonyl (C=O) groups excluding carboxylic acids is 1. The first-order chi connectivity index (χ1) is 8.86. The molecule has 0 saturated heterocycles. The minimum absolute atomic E-state index is 0.109. The topological polar surface area (TPSA) is 117 Å². The molecular formula is C9H15N3O5S2. The van der Waals surface area contributed by atoms with Gasteiger partial charge in [-0.3, -0.25) is 9.59 Å². The quantitative estimate of drug-likeness (QED) is 0.546. The van der Waals surface area contributed by atoms with Gasteiger partial charge in [-0.15, -0.1) is 0 Å². The standard InChI is InChI=1S/C9H15N3O5S2/c1-6-8(18-9(14)12-6)19(15,16)11-5-7(13)10-3-4-17-2/h11H,3-5H2,1-2H3,(H,10,13)(H,12,14). The van der Waals surface area contributed by atoms with Gasteiger partial charge in [0, 0.05) is 19.3 Å². The monoisotopic (exact) mass is 309 g/mol. The Hall–Kier alpha value is -1.23. The number of aromatic amines is 1. The first kappa shape index (κ1) is 15.8. The zero-order valence-electron chi connectivity index (χ0n) is 10.5. The molecule has 10 heteroatoms. The van der Waals surface area contributed by atoms with Gasteiger partial charge in [0.2, 0.25) is 5.91 Å². The third-order valence-electron chi connectivity index (χ3n) is 2.08. The molecule has 1 aromatic heterocycles. The predicted molar refractivity (Wildman–Crippen MR) is 69.8 cm³/mol. The number of rotatable bonds is 7. The summed E-state index contributed by atoms with van der Waals surface area (Å²) in [5, 5.41) is 2.47. The van der Waals surface area contributed by atoms with Crippen LogP contribution in [0.2, 0.25) is 0 Å². The number of H-pyrrole nitrogens is 1. The summed E-state index contributed by atoms with van der Waals surface area (Å²) in [6, 6.07) is 0. The molecule has 0 aliphatic carbocycles. The first-order valence-electron chi connectivity index (χ1n) is 5.32. The van der Waals surface area contributed by atoms with E-state index in [1.54, 1.807) is 0 Å². The van der Waals surface area contributed by atoms with Crippen molar-refractivity contribution in [2.75, 3.05) is 26.8 Å². The van der Waals surface area contributed by atoms with Crippen molar-refractivity contribution >= 4 is 27.3 Å². The van der Waals surface area contributed by atoms with Gasteiger partial charge < -0.3 is 15.0 Å². The molecule has 0 bridgehead atoms. The number of nitrogens with one attached hydrogen (secondary N) is 3. The second kappa shape index (κ2) is 6.80. The fourth-order valence-electron chi connectivity index (χ4n) is 1.23. The lowest BCUT2D eigenvalue weighted by atomic mass is 10.6. The summed E-state index contributed by atoms with van der Waals surface area (Å²) in [5.41, 5.74) is 0.252. The van der Waals surface area contributed by atoms with Crippen molar-refractivity contribution in [3.8, 4) is 0 Å². The second-order valence-electron chi connectivity index (χ2n) is 3.59. The second-order valence-corrected chi connectivity index (χ2v) is 6.54. The number of aromatic nitrogens is 1. The van der Waals surface area contributed by atoms with E-state index in [2.05, 4.69) is 15.0 Å². The Bertz CT molecular complexity index is 589. The van der Waals surface area contributed by atoms with Gasteiger partial charge in [-0.1, -0.05) is 11.3 Å². The molecule has 19 heavy (non-hydrogen) atoms. The van der Waals surface area contributed by atoms with E-state index in [4.69, 9.17) is 4.74 Å². The lowest BCUT2D eigenvalue weighted by molar-refractivity contribution is -0.120. The molecule has 3 N–H and O–H groups in total. The molecule has 0 aromatic carbocycles. The van der Waals surface area contributed by atoms with Gasteiger partial charge in [-0.25, -0.2) is 13.1 Å². The highest BCUT2D eigenvalue weighted by Gasteiger charge is 2.21. The van der Waals surface area contributed by atoms with E-state index in [1.165, 1.54) is 14.0 Å². The molecule has 0 spiro atoms. The van der Waals surface area contributed by atoms with Gasteiger partial charge in [0.1, 0.15) is 0 Å². The number of aryl methyl sites for hydroxylation is 1. The average molecular weight is 309 g/mol. The van der Waals surface area contributed by atoms with Crippen LogP contribution in [0.3, 0.4) is 0 Å². The Labute approximate surface area is 114 Å². The molecular weight excluding hydrogens is 294 g/mol. The maximum absolute atomic E-state index is 11.8. The van der Waals surface area contributed by atoms with Crippen LogP contribution < -0.4 is 14.9 Å². The minimum Gasteiger partial charge on any atom is -0.383 e. The van der Waals surface area contributed by atoms with Crippen molar-refractivity contribution in [3.63, 3.8) is 0 Å². The van der Waals surface area contributed by atoms with E-state index in [9.17, 15) is 18.0 Å². The summed E-state index contributed by atoms with van der Waals surface area (Å²) in [6.07, 6.45) is 0. The smallest absolute Gasteiger partial charge is 0.305 e. The highest BCUT2D eigenvalue weighted by atomic mass is 32.2. The molecule has 0 fully saturated rings.